The lowest BCUT2D eigenvalue weighted by Crippen LogP contribution is -2.39. The third-order valence-corrected chi connectivity index (χ3v) is 6.26. The van der Waals surface area contributed by atoms with Crippen LogP contribution >= 0.6 is 0 Å². The average molecular weight is 507 g/mol. The van der Waals surface area contributed by atoms with Gasteiger partial charge in [0, 0.05) is 43.1 Å². The Bertz CT molecular complexity index is 1510. The number of imidazole rings is 1. The van der Waals surface area contributed by atoms with Crippen LogP contribution < -0.4 is 10.6 Å². The van der Waals surface area contributed by atoms with Gasteiger partial charge in [-0.25, -0.2) is 19.3 Å². The number of rotatable bonds is 5. The predicted octanol–water partition coefficient (Wildman–Crippen LogP) is 4.54. The number of carbonyl (C=O) groups excluding carboxylic acids is 2. The number of carbonyl (C=O) groups is 2. The van der Waals surface area contributed by atoms with Crippen LogP contribution in [0.3, 0.4) is 0 Å². The van der Waals surface area contributed by atoms with Crippen molar-refractivity contribution >= 4 is 29.0 Å². The van der Waals surface area contributed by atoms with Crippen molar-refractivity contribution in [2.75, 3.05) is 17.2 Å². The van der Waals surface area contributed by atoms with E-state index in [0.29, 0.717) is 53.9 Å². The van der Waals surface area contributed by atoms with E-state index < -0.39 is 11.7 Å². The fourth-order valence-electron chi connectivity index (χ4n) is 4.51. The normalized spacial score (nSPS) is 17.1. The van der Waals surface area contributed by atoms with E-state index in [0.717, 1.165) is 0 Å². The number of aromatic nitrogens is 4. The van der Waals surface area contributed by atoms with Gasteiger partial charge in [0.05, 0.1) is 28.9 Å². The third kappa shape index (κ3) is 5.21. The highest BCUT2D eigenvalue weighted by Gasteiger charge is 2.33. The van der Waals surface area contributed by atoms with E-state index in [2.05, 4.69) is 25.6 Å². The number of anilines is 2. The van der Waals surface area contributed by atoms with Gasteiger partial charge < -0.3 is 19.8 Å². The standard InChI is InChI=1S/C26H27FN6O4/c1-14-22(37-15(2)29-14)24(35)30-17-5-6-20(27)19(9-17)21-13-33-12-18(11-28-25(33)32-21)31-23(34)16-7-8-36-26(3,4)10-16/h5-6,9,11-13,16H,7-8,10H2,1-4H3,(H,30,35)(H,31,34). The zero-order valence-corrected chi connectivity index (χ0v) is 21.0. The van der Waals surface area contributed by atoms with Crippen molar-refractivity contribution in [2.45, 2.75) is 46.1 Å². The summed E-state index contributed by atoms with van der Waals surface area (Å²) in [5, 5.41) is 5.62. The Morgan fingerprint density at radius 1 is 1.14 bits per heavy atom. The molecule has 0 radical (unpaired) electrons. The van der Waals surface area contributed by atoms with Crippen LogP contribution in [0.15, 0.2) is 41.2 Å². The molecule has 2 amide bonds. The van der Waals surface area contributed by atoms with Gasteiger partial charge >= 0.3 is 0 Å². The van der Waals surface area contributed by atoms with Gasteiger partial charge in [0.1, 0.15) is 5.82 Å². The Hall–Kier alpha value is -4.12. The van der Waals surface area contributed by atoms with Crippen molar-refractivity contribution in [1.29, 1.82) is 0 Å². The van der Waals surface area contributed by atoms with E-state index in [-0.39, 0.29) is 28.7 Å². The lowest BCUT2D eigenvalue weighted by Gasteiger charge is -2.34. The van der Waals surface area contributed by atoms with Crippen LogP contribution in [0.5, 0.6) is 0 Å². The van der Waals surface area contributed by atoms with E-state index >= 15 is 0 Å². The average Bonchev–Trinajstić information content (AvgIpc) is 3.41. The molecular weight excluding hydrogens is 479 g/mol. The van der Waals surface area contributed by atoms with Gasteiger partial charge in [-0.15, -0.1) is 0 Å². The second kappa shape index (κ2) is 9.40. The topological polar surface area (TPSA) is 124 Å². The van der Waals surface area contributed by atoms with E-state index in [1.165, 1.54) is 24.4 Å². The summed E-state index contributed by atoms with van der Waals surface area (Å²) in [5.74, 6) is -0.434. The van der Waals surface area contributed by atoms with Crippen molar-refractivity contribution in [3.63, 3.8) is 0 Å². The molecule has 1 atom stereocenters. The minimum Gasteiger partial charge on any atom is -0.436 e. The number of benzene rings is 1. The first-order valence-corrected chi connectivity index (χ1v) is 11.9. The number of oxazole rings is 1. The second-order valence-corrected chi connectivity index (χ2v) is 9.76. The summed E-state index contributed by atoms with van der Waals surface area (Å²) in [6, 6.07) is 4.19. The monoisotopic (exact) mass is 506 g/mol. The number of fused-ring (bicyclic) bond motifs is 1. The summed E-state index contributed by atoms with van der Waals surface area (Å²) in [4.78, 5) is 38.2. The summed E-state index contributed by atoms with van der Waals surface area (Å²) >= 11 is 0. The molecule has 0 bridgehead atoms. The van der Waals surface area contributed by atoms with Crippen LogP contribution in [0, 0.1) is 25.6 Å². The molecule has 0 aliphatic carbocycles. The molecule has 37 heavy (non-hydrogen) atoms. The molecule has 1 aliphatic heterocycles. The molecule has 10 nitrogen and oxygen atoms in total. The Morgan fingerprint density at radius 2 is 1.95 bits per heavy atom. The number of nitrogens with zero attached hydrogens (tertiary/aromatic N) is 4. The molecule has 3 aromatic heterocycles. The highest BCUT2D eigenvalue weighted by atomic mass is 19.1. The smallest absolute Gasteiger partial charge is 0.293 e. The van der Waals surface area contributed by atoms with Crippen LogP contribution in [0.2, 0.25) is 0 Å². The van der Waals surface area contributed by atoms with Crippen LogP contribution in [0.1, 0.15) is 48.8 Å². The van der Waals surface area contributed by atoms with Crippen molar-refractivity contribution in [3.8, 4) is 11.3 Å². The molecule has 1 fully saturated rings. The SMILES string of the molecule is Cc1nc(C)c(C(=O)Nc2ccc(F)c(-c3cn4cc(NC(=O)C5CCOC(C)(C)C5)cnc4n3)c2)o1. The van der Waals surface area contributed by atoms with Gasteiger partial charge in [0.2, 0.25) is 17.4 Å². The van der Waals surface area contributed by atoms with Crippen molar-refractivity contribution < 1.29 is 23.1 Å². The molecule has 1 aliphatic rings. The number of aryl methyl sites for hydroxylation is 2. The number of amides is 2. The lowest BCUT2D eigenvalue weighted by molar-refractivity contribution is -0.130. The van der Waals surface area contributed by atoms with Gasteiger partial charge in [-0.1, -0.05) is 0 Å². The van der Waals surface area contributed by atoms with Crippen molar-refractivity contribution in [3.05, 3.63) is 60.0 Å². The fraction of sp³-hybridized carbons (Fsp3) is 0.346. The zero-order valence-electron chi connectivity index (χ0n) is 21.0. The number of hydrogen-bond acceptors (Lipinski definition) is 7. The first-order chi connectivity index (χ1) is 17.6. The van der Waals surface area contributed by atoms with Gasteiger partial charge in [-0.05, 0) is 51.8 Å². The third-order valence-electron chi connectivity index (χ3n) is 6.26. The van der Waals surface area contributed by atoms with Gasteiger partial charge in [0.25, 0.3) is 5.91 Å². The van der Waals surface area contributed by atoms with E-state index in [1.807, 2.05) is 13.8 Å². The first-order valence-electron chi connectivity index (χ1n) is 11.9. The Kier molecular flexibility index (Phi) is 6.24. The van der Waals surface area contributed by atoms with Crippen molar-refractivity contribution in [1.82, 2.24) is 19.4 Å². The van der Waals surface area contributed by atoms with Crippen molar-refractivity contribution in [2.24, 2.45) is 5.92 Å². The maximum absolute atomic E-state index is 14.8. The van der Waals surface area contributed by atoms with Crippen LogP contribution in [0.4, 0.5) is 15.8 Å². The minimum atomic E-state index is -0.510. The molecular formula is C26H27FN6O4. The molecule has 1 saturated heterocycles. The quantitative estimate of drug-likeness (QED) is 0.407. The molecule has 4 heterocycles. The van der Waals surface area contributed by atoms with E-state index in [1.54, 1.807) is 30.6 Å². The number of halogens is 1. The first kappa shape index (κ1) is 24.6. The lowest BCUT2D eigenvalue weighted by atomic mass is 9.88. The predicted molar refractivity (Wildman–Crippen MR) is 134 cm³/mol. The Labute approximate surface area is 212 Å². The summed E-state index contributed by atoms with van der Waals surface area (Å²) < 4.78 is 27.4. The van der Waals surface area contributed by atoms with Gasteiger partial charge in [-0.2, -0.15) is 0 Å². The number of hydrogen-bond donors (Lipinski definition) is 2. The highest BCUT2D eigenvalue weighted by molar-refractivity contribution is 6.03. The van der Waals surface area contributed by atoms with Crippen LogP contribution in [0.25, 0.3) is 17.0 Å². The molecule has 2 N–H and O–H groups in total. The maximum Gasteiger partial charge on any atom is 0.293 e. The summed E-state index contributed by atoms with van der Waals surface area (Å²) in [5.41, 5.74) is 1.50. The summed E-state index contributed by atoms with van der Waals surface area (Å²) in [6.07, 6.45) is 6.10. The summed E-state index contributed by atoms with van der Waals surface area (Å²) in [7, 11) is 0. The number of ether oxygens (including phenoxy) is 1. The Balaban J connectivity index is 1.35. The molecule has 192 valence electrons. The molecule has 0 saturated carbocycles. The number of nitrogens with one attached hydrogen (secondary N) is 2. The van der Waals surface area contributed by atoms with Crippen LogP contribution in [-0.2, 0) is 9.53 Å². The zero-order chi connectivity index (χ0) is 26.3. The molecule has 5 rings (SSSR count). The summed E-state index contributed by atoms with van der Waals surface area (Å²) in [6.45, 7) is 7.81. The fourth-order valence-corrected chi connectivity index (χ4v) is 4.51. The van der Waals surface area contributed by atoms with Gasteiger partial charge in [0.15, 0.2) is 5.89 Å². The van der Waals surface area contributed by atoms with Crippen LogP contribution in [-0.4, -0.2) is 43.4 Å². The Morgan fingerprint density at radius 3 is 2.68 bits per heavy atom. The highest BCUT2D eigenvalue weighted by Crippen LogP contribution is 2.30. The van der Waals surface area contributed by atoms with E-state index in [9.17, 15) is 14.0 Å². The largest absolute Gasteiger partial charge is 0.436 e. The molecule has 1 aromatic carbocycles. The molecule has 0 spiro atoms. The van der Waals surface area contributed by atoms with Gasteiger partial charge in [-0.3, -0.25) is 14.0 Å². The molecule has 11 heteroatoms. The molecule has 4 aromatic rings. The molecule has 1 unspecified atom stereocenters. The maximum atomic E-state index is 14.8. The van der Waals surface area contributed by atoms with E-state index in [4.69, 9.17) is 9.15 Å². The minimum absolute atomic E-state index is 0.0930. The second-order valence-electron chi connectivity index (χ2n) is 9.76.